The van der Waals surface area contributed by atoms with Crippen LogP contribution in [0.2, 0.25) is 0 Å². The second-order valence-electron chi connectivity index (χ2n) is 4.28. The van der Waals surface area contributed by atoms with Gasteiger partial charge in [0.15, 0.2) is 0 Å². The number of carboxylic acids is 3. The fourth-order valence-corrected chi connectivity index (χ4v) is 5.82. The maximum Gasteiger partial charge on any atom is 0.307 e. The van der Waals surface area contributed by atoms with E-state index in [1.807, 2.05) is 5.82 Å². The molecule has 0 atom stereocenters. The number of carboxylic acid groups (broad SMARTS) is 3. The van der Waals surface area contributed by atoms with E-state index in [9.17, 15) is 14.4 Å². The van der Waals surface area contributed by atoms with Crippen molar-refractivity contribution in [3.8, 4) is 0 Å². The monoisotopic (exact) mass is 275 g/mol. The number of carbonyl (C=O) groups is 3. The van der Waals surface area contributed by atoms with E-state index in [4.69, 9.17) is 15.3 Å². The number of hydrogen-bond donors (Lipinski definition) is 3. The van der Waals surface area contributed by atoms with Gasteiger partial charge in [0.1, 0.15) is 11.1 Å². The lowest BCUT2D eigenvalue weighted by atomic mass is 10.3. The van der Waals surface area contributed by atoms with Crippen LogP contribution in [-0.4, -0.2) is 45.6 Å². The van der Waals surface area contributed by atoms with Crippen LogP contribution >= 0.6 is 7.26 Å². The van der Waals surface area contributed by atoms with Crippen LogP contribution in [0.4, 0.5) is 0 Å². The van der Waals surface area contributed by atoms with Crippen molar-refractivity contribution in [2.24, 2.45) is 0 Å². The molecule has 0 bridgehead atoms. The van der Waals surface area contributed by atoms with Crippen LogP contribution in [0.1, 0.15) is 25.7 Å². The first-order valence-corrected chi connectivity index (χ1v) is 7.83. The second-order valence-corrected chi connectivity index (χ2v) is 8.08. The van der Waals surface area contributed by atoms with Crippen LogP contribution in [0.5, 0.6) is 0 Å². The average molecular weight is 275 g/mol. The van der Waals surface area contributed by atoms with Crippen molar-refractivity contribution in [2.75, 3.05) is 12.3 Å². The molecule has 0 amide bonds. The summed E-state index contributed by atoms with van der Waals surface area (Å²) in [6, 6.07) is 0. The zero-order valence-electron chi connectivity index (χ0n) is 9.83. The normalized spacial score (nSPS) is 15.9. The van der Waals surface area contributed by atoms with Gasteiger partial charge in [0.05, 0.1) is 38.8 Å². The Balaban J connectivity index is 2.49. The topological polar surface area (TPSA) is 112 Å². The Morgan fingerprint density at radius 1 is 0.889 bits per heavy atom. The highest BCUT2D eigenvalue weighted by atomic mass is 31.2. The summed E-state index contributed by atoms with van der Waals surface area (Å²) in [5.41, 5.74) is 0. The van der Waals surface area contributed by atoms with Crippen LogP contribution in [0.3, 0.4) is 0 Å². The molecule has 0 aromatic carbocycles. The Bertz CT molecular complexity index is 382. The van der Waals surface area contributed by atoms with E-state index in [-0.39, 0.29) is 19.3 Å². The molecule has 0 aliphatic carbocycles. The van der Waals surface area contributed by atoms with Gasteiger partial charge in [-0.05, 0) is 0 Å². The van der Waals surface area contributed by atoms with E-state index in [2.05, 4.69) is 0 Å². The van der Waals surface area contributed by atoms with Gasteiger partial charge in [0.2, 0.25) is 0 Å². The molecule has 0 fully saturated rings. The van der Waals surface area contributed by atoms with Crippen molar-refractivity contribution in [1.82, 2.24) is 0 Å². The van der Waals surface area contributed by atoms with Gasteiger partial charge in [0.25, 0.3) is 0 Å². The lowest BCUT2D eigenvalue weighted by molar-refractivity contribution is -0.137. The molecule has 3 N–H and O–H groups in total. The van der Waals surface area contributed by atoms with E-state index in [0.29, 0.717) is 18.7 Å². The number of allylic oxidation sites excluding steroid dienone is 1. The average Bonchev–Trinajstić information content (AvgIpc) is 2.95. The molecule has 6 nitrogen and oxygen atoms in total. The SMILES string of the molecule is O=C(O)CCC1=C[P+]1(CCC(=O)O)CCC(=O)O. The van der Waals surface area contributed by atoms with E-state index >= 15 is 0 Å². The summed E-state index contributed by atoms with van der Waals surface area (Å²) in [5.74, 6) is -0.760. The van der Waals surface area contributed by atoms with E-state index in [1.165, 1.54) is 0 Å². The van der Waals surface area contributed by atoms with Gasteiger partial charge >= 0.3 is 17.9 Å². The third kappa shape index (κ3) is 4.45. The van der Waals surface area contributed by atoms with Crippen molar-refractivity contribution in [1.29, 1.82) is 0 Å². The third-order valence-corrected chi connectivity index (χ3v) is 7.01. The predicted molar refractivity (Wildman–Crippen MR) is 66.1 cm³/mol. The molecular formula is C11H16O6P+. The fourth-order valence-electron chi connectivity index (χ4n) is 1.90. The van der Waals surface area contributed by atoms with Gasteiger partial charge in [0, 0.05) is 6.42 Å². The highest BCUT2D eigenvalue weighted by Crippen LogP contribution is 2.81. The maximum atomic E-state index is 10.6. The molecule has 0 aromatic heterocycles. The summed E-state index contributed by atoms with van der Waals surface area (Å²) >= 11 is 0. The second kappa shape index (κ2) is 5.96. The number of aliphatic carboxylic acids is 3. The van der Waals surface area contributed by atoms with Crippen molar-refractivity contribution < 1.29 is 29.7 Å². The molecule has 0 unspecified atom stereocenters. The van der Waals surface area contributed by atoms with Gasteiger partial charge < -0.3 is 15.3 Å². The quantitative estimate of drug-likeness (QED) is 0.552. The number of hydrogen-bond acceptors (Lipinski definition) is 3. The van der Waals surface area contributed by atoms with Crippen LogP contribution in [0, 0.1) is 0 Å². The molecule has 7 heteroatoms. The summed E-state index contributed by atoms with van der Waals surface area (Å²) in [4.78, 5) is 31.6. The molecular weight excluding hydrogens is 259 g/mol. The minimum Gasteiger partial charge on any atom is -0.481 e. The van der Waals surface area contributed by atoms with Crippen LogP contribution in [-0.2, 0) is 14.4 Å². The molecule has 0 spiro atoms. The first-order valence-electron chi connectivity index (χ1n) is 5.60. The Morgan fingerprint density at radius 3 is 1.72 bits per heavy atom. The van der Waals surface area contributed by atoms with Gasteiger partial charge in [-0.2, -0.15) is 0 Å². The Morgan fingerprint density at radius 2 is 1.33 bits per heavy atom. The van der Waals surface area contributed by atoms with Gasteiger partial charge in [-0.3, -0.25) is 14.4 Å². The molecule has 0 saturated carbocycles. The summed E-state index contributed by atoms with van der Waals surface area (Å²) in [5, 5.41) is 26.9. The van der Waals surface area contributed by atoms with Crippen LogP contribution in [0.25, 0.3) is 0 Å². The fraction of sp³-hybridized carbons (Fsp3) is 0.545. The van der Waals surface area contributed by atoms with E-state index in [1.54, 1.807) is 0 Å². The molecule has 1 rings (SSSR count). The Labute approximate surface area is 105 Å². The number of rotatable bonds is 9. The standard InChI is InChI=1S/C11H15O6P/c12-9(13)2-1-8-7-18(8,5-3-10(14)15)6-4-11(16)17/h7H,1-6H2,(H2-,12,13,14,15,16,17)/p+1. The highest BCUT2D eigenvalue weighted by Gasteiger charge is 2.53. The van der Waals surface area contributed by atoms with Crippen molar-refractivity contribution in [3.63, 3.8) is 0 Å². The van der Waals surface area contributed by atoms with E-state index in [0.717, 1.165) is 5.31 Å². The maximum absolute atomic E-state index is 10.6. The third-order valence-electron chi connectivity index (χ3n) is 2.94. The molecule has 0 saturated heterocycles. The molecule has 18 heavy (non-hydrogen) atoms. The zero-order valence-corrected chi connectivity index (χ0v) is 10.7. The van der Waals surface area contributed by atoms with Crippen molar-refractivity contribution in [2.45, 2.75) is 25.7 Å². The van der Waals surface area contributed by atoms with Gasteiger partial charge in [-0.15, -0.1) is 0 Å². The molecule has 0 radical (unpaired) electrons. The smallest absolute Gasteiger partial charge is 0.307 e. The molecule has 100 valence electrons. The first-order chi connectivity index (χ1) is 8.35. The van der Waals surface area contributed by atoms with Crippen molar-refractivity contribution in [3.05, 3.63) is 11.1 Å². The molecule has 1 aliphatic rings. The minimum absolute atomic E-state index is 0.0144. The molecule has 0 aromatic rings. The summed E-state index contributed by atoms with van der Waals surface area (Å²) in [6.07, 6.45) is 1.39. The summed E-state index contributed by atoms with van der Waals surface area (Å²) in [7, 11) is -1.70. The van der Waals surface area contributed by atoms with Crippen molar-refractivity contribution >= 4 is 25.2 Å². The summed E-state index contributed by atoms with van der Waals surface area (Å²) < 4.78 is 0. The first kappa shape index (κ1) is 14.6. The lowest BCUT2D eigenvalue weighted by Crippen LogP contribution is -2.05. The van der Waals surface area contributed by atoms with E-state index < -0.39 is 25.2 Å². The predicted octanol–water partition coefficient (Wildman–Crippen LogP) is 1.67. The minimum atomic E-state index is -1.70. The Kier molecular flexibility index (Phi) is 4.84. The van der Waals surface area contributed by atoms with Crippen LogP contribution < -0.4 is 0 Å². The highest BCUT2D eigenvalue weighted by molar-refractivity contribution is 7.89. The largest absolute Gasteiger partial charge is 0.481 e. The van der Waals surface area contributed by atoms with Crippen LogP contribution in [0.15, 0.2) is 11.1 Å². The van der Waals surface area contributed by atoms with Gasteiger partial charge in [-0.25, -0.2) is 0 Å². The lowest BCUT2D eigenvalue weighted by Gasteiger charge is -2.08. The molecule has 1 aliphatic heterocycles. The summed E-state index contributed by atoms with van der Waals surface area (Å²) in [6.45, 7) is 0. The zero-order chi connectivity index (χ0) is 13.8. The molecule has 1 heterocycles. The van der Waals surface area contributed by atoms with Gasteiger partial charge in [-0.1, -0.05) is 0 Å². The Hall–Kier alpha value is -1.42.